The zero-order valence-corrected chi connectivity index (χ0v) is 16.1. The van der Waals surface area contributed by atoms with Crippen LogP contribution in [0.3, 0.4) is 0 Å². The number of hydrogen-bond donors (Lipinski definition) is 0. The lowest BCUT2D eigenvalue weighted by molar-refractivity contribution is 0.0784. The second-order valence-electron chi connectivity index (χ2n) is 6.00. The topological polar surface area (TPSA) is 73.1 Å². The molecular formula is C19H20ClN5O2. The number of ether oxygens (including phenoxy) is 1. The van der Waals surface area contributed by atoms with Crippen molar-refractivity contribution in [2.24, 2.45) is 0 Å². The van der Waals surface area contributed by atoms with Gasteiger partial charge in [-0.3, -0.25) is 4.79 Å². The molecule has 0 saturated heterocycles. The molecule has 0 aliphatic rings. The predicted octanol–water partition coefficient (Wildman–Crippen LogP) is 3.16. The third-order valence-corrected chi connectivity index (χ3v) is 4.38. The number of methoxy groups -OCH3 is 1. The molecule has 0 N–H and O–H groups in total. The summed E-state index contributed by atoms with van der Waals surface area (Å²) < 4.78 is 6.66. The zero-order chi connectivity index (χ0) is 19.4. The summed E-state index contributed by atoms with van der Waals surface area (Å²) >= 11 is 6.03. The highest BCUT2D eigenvalue weighted by Crippen LogP contribution is 2.18. The zero-order valence-electron chi connectivity index (χ0n) is 15.4. The molecule has 0 radical (unpaired) electrons. The van der Waals surface area contributed by atoms with Crippen LogP contribution in [0.25, 0.3) is 5.82 Å². The lowest BCUT2D eigenvalue weighted by Crippen LogP contribution is -2.27. The lowest BCUT2D eigenvalue weighted by Gasteiger charge is -2.17. The molecule has 0 unspecified atom stereocenters. The molecule has 0 atom stereocenters. The summed E-state index contributed by atoms with van der Waals surface area (Å²) in [6.45, 7) is 2.42. The van der Waals surface area contributed by atoms with Crippen LogP contribution in [0.5, 0.6) is 5.88 Å². The first-order chi connectivity index (χ1) is 13.0. The van der Waals surface area contributed by atoms with E-state index in [4.69, 9.17) is 16.3 Å². The Bertz CT molecular complexity index is 940. The number of halogens is 1. The van der Waals surface area contributed by atoms with Crippen molar-refractivity contribution >= 4 is 17.5 Å². The molecule has 2 heterocycles. The van der Waals surface area contributed by atoms with Crippen molar-refractivity contribution in [2.45, 2.75) is 19.9 Å². The summed E-state index contributed by atoms with van der Waals surface area (Å²) in [6, 6.07) is 10.9. The van der Waals surface area contributed by atoms with Crippen LogP contribution in [-0.2, 0) is 13.0 Å². The van der Waals surface area contributed by atoms with Gasteiger partial charge in [-0.05, 0) is 30.2 Å². The van der Waals surface area contributed by atoms with Gasteiger partial charge in [0.25, 0.3) is 5.91 Å². The summed E-state index contributed by atoms with van der Waals surface area (Å²) in [5, 5.41) is 13.1. The molecule has 3 rings (SSSR count). The molecule has 1 aromatic carbocycles. The number of carbonyl (C=O) groups excluding carboxylic acids is 1. The van der Waals surface area contributed by atoms with Crippen molar-refractivity contribution in [1.82, 2.24) is 24.9 Å². The monoisotopic (exact) mass is 385 g/mol. The van der Waals surface area contributed by atoms with Crippen LogP contribution in [0.4, 0.5) is 0 Å². The van der Waals surface area contributed by atoms with E-state index in [0.29, 0.717) is 35.2 Å². The number of benzene rings is 1. The van der Waals surface area contributed by atoms with E-state index >= 15 is 0 Å². The van der Waals surface area contributed by atoms with E-state index in [9.17, 15) is 4.79 Å². The van der Waals surface area contributed by atoms with Gasteiger partial charge in [0.2, 0.25) is 5.88 Å². The molecule has 0 spiro atoms. The van der Waals surface area contributed by atoms with Crippen molar-refractivity contribution in [3.63, 3.8) is 0 Å². The Morgan fingerprint density at radius 2 is 2.07 bits per heavy atom. The van der Waals surface area contributed by atoms with Crippen molar-refractivity contribution in [1.29, 1.82) is 0 Å². The van der Waals surface area contributed by atoms with Gasteiger partial charge in [-0.1, -0.05) is 30.7 Å². The van der Waals surface area contributed by atoms with E-state index in [-0.39, 0.29) is 5.91 Å². The molecule has 0 saturated carbocycles. The Labute approximate surface area is 162 Å². The molecule has 140 valence electrons. The van der Waals surface area contributed by atoms with Gasteiger partial charge in [0.05, 0.1) is 24.6 Å². The number of aromatic nitrogens is 4. The highest BCUT2D eigenvalue weighted by molar-refractivity contribution is 6.30. The van der Waals surface area contributed by atoms with Crippen molar-refractivity contribution in [2.75, 3.05) is 14.2 Å². The molecule has 0 fully saturated rings. The largest absolute Gasteiger partial charge is 0.480 e. The predicted molar refractivity (Wildman–Crippen MR) is 102 cm³/mol. The molecule has 0 bridgehead atoms. The van der Waals surface area contributed by atoms with Crippen molar-refractivity contribution < 1.29 is 9.53 Å². The smallest absolute Gasteiger partial charge is 0.257 e. The first kappa shape index (κ1) is 18.8. The molecule has 27 heavy (non-hydrogen) atoms. The molecule has 2 aromatic heterocycles. The van der Waals surface area contributed by atoms with E-state index in [2.05, 4.69) is 15.3 Å². The van der Waals surface area contributed by atoms with Crippen molar-refractivity contribution in [3.05, 3.63) is 64.4 Å². The van der Waals surface area contributed by atoms with Gasteiger partial charge in [-0.25, -0.2) is 4.68 Å². The summed E-state index contributed by atoms with van der Waals surface area (Å²) in [7, 11) is 3.29. The molecule has 0 aliphatic carbocycles. The van der Waals surface area contributed by atoms with Crippen LogP contribution in [0.2, 0.25) is 5.02 Å². The minimum atomic E-state index is -0.112. The maximum atomic E-state index is 12.9. The van der Waals surface area contributed by atoms with E-state index in [1.165, 1.54) is 7.11 Å². The molecule has 1 amide bonds. The summed E-state index contributed by atoms with van der Waals surface area (Å²) in [4.78, 5) is 14.6. The van der Waals surface area contributed by atoms with E-state index in [1.54, 1.807) is 35.0 Å². The maximum Gasteiger partial charge on any atom is 0.257 e. The highest BCUT2D eigenvalue weighted by atomic mass is 35.5. The van der Waals surface area contributed by atoms with Gasteiger partial charge in [-0.2, -0.15) is 5.10 Å². The Balaban J connectivity index is 1.85. The molecule has 7 nitrogen and oxygen atoms in total. The lowest BCUT2D eigenvalue weighted by atomic mass is 10.1. The van der Waals surface area contributed by atoms with Gasteiger partial charge in [-0.15, -0.1) is 10.2 Å². The summed E-state index contributed by atoms with van der Waals surface area (Å²) in [5.41, 5.74) is 2.28. The number of carbonyl (C=O) groups is 1. The third-order valence-electron chi connectivity index (χ3n) is 4.14. The standard InChI is InChI=1S/C19H20ClN5O2/c1-4-16-15(11-21-25(16)17-8-9-18(27-3)23-22-17)19(26)24(2)12-13-6-5-7-14(20)10-13/h5-11H,4,12H2,1-3H3. The average molecular weight is 386 g/mol. The van der Waals surface area contributed by atoms with Gasteiger partial charge >= 0.3 is 0 Å². The van der Waals surface area contributed by atoms with E-state index in [1.807, 2.05) is 31.2 Å². The molecule has 8 heteroatoms. The Morgan fingerprint density at radius 3 is 2.70 bits per heavy atom. The molecule has 0 aliphatic heterocycles. The number of amides is 1. The van der Waals surface area contributed by atoms with Crippen LogP contribution in [0.15, 0.2) is 42.6 Å². The first-order valence-corrected chi connectivity index (χ1v) is 8.86. The normalized spacial score (nSPS) is 10.7. The first-order valence-electron chi connectivity index (χ1n) is 8.48. The minimum Gasteiger partial charge on any atom is -0.480 e. The Morgan fingerprint density at radius 1 is 1.26 bits per heavy atom. The fourth-order valence-electron chi connectivity index (χ4n) is 2.81. The number of hydrogen-bond acceptors (Lipinski definition) is 5. The SMILES string of the molecule is CCc1c(C(=O)N(C)Cc2cccc(Cl)c2)cnn1-c1ccc(OC)nn1. The van der Waals surface area contributed by atoms with Gasteiger partial charge in [0.1, 0.15) is 0 Å². The highest BCUT2D eigenvalue weighted by Gasteiger charge is 2.21. The third kappa shape index (κ3) is 4.09. The van der Waals surface area contributed by atoms with Crippen LogP contribution in [0.1, 0.15) is 28.5 Å². The van der Waals surface area contributed by atoms with Crippen LogP contribution < -0.4 is 4.74 Å². The van der Waals surface area contributed by atoms with Crippen LogP contribution in [0, 0.1) is 0 Å². The fraction of sp³-hybridized carbons (Fsp3) is 0.263. The van der Waals surface area contributed by atoms with Gasteiger partial charge < -0.3 is 9.64 Å². The van der Waals surface area contributed by atoms with E-state index in [0.717, 1.165) is 11.3 Å². The quantitative estimate of drug-likeness (QED) is 0.651. The molecular weight excluding hydrogens is 366 g/mol. The van der Waals surface area contributed by atoms with Gasteiger partial charge in [0, 0.05) is 24.7 Å². The molecule has 3 aromatic rings. The van der Waals surface area contributed by atoms with Crippen molar-refractivity contribution in [3.8, 4) is 11.7 Å². The average Bonchev–Trinajstić information content (AvgIpc) is 3.11. The minimum absolute atomic E-state index is 0.112. The van der Waals surface area contributed by atoms with Crippen LogP contribution in [-0.4, -0.2) is 44.9 Å². The Kier molecular flexibility index (Phi) is 5.71. The number of rotatable bonds is 6. The maximum absolute atomic E-state index is 12.9. The number of nitrogens with zero attached hydrogens (tertiary/aromatic N) is 5. The summed E-state index contributed by atoms with van der Waals surface area (Å²) in [6.07, 6.45) is 2.20. The second kappa shape index (κ2) is 8.18. The fourth-order valence-corrected chi connectivity index (χ4v) is 3.02. The van der Waals surface area contributed by atoms with Gasteiger partial charge in [0.15, 0.2) is 5.82 Å². The van der Waals surface area contributed by atoms with Crippen LogP contribution >= 0.6 is 11.6 Å². The van der Waals surface area contributed by atoms with E-state index < -0.39 is 0 Å². The second-order valence-corrected chi connectivity index (χ2v) is 6.43. The summed E-state index contributed by atoms with van der Waals surface area (Å²) in [5.74, 6) is 0.838. The Hall–Kier alpha value is -2.93.